The average molecular weight is 350 g/mol. The fourth-order valence-electron chi connectivity index (χ4n) is 2.25. The first-order chi connectivity index (χ1) is 12.2. The molecule has 0 spiro atoms. The van der Waals surface area contributed by atoms with E-state index in [1.165, 1.54) is 0 Å². The van der Waals surface area contributed by atoms with Gasteiger partial charge >= 0.3 is 0 Å². The lowest BCUT2D eigenvalue weighted by atomic mass is 10.2. The molecule has 4 heteroatoms. The van der Waals surface area contributed by atoms with E-state index in [9.17, 15) is 4.79 Å². The zero-order valence-corrected chi connectivity index (χ0v) is 16.0. The molecule has 0 radical (unpaired) electrons. The Bertz CT molecular complexity index is 386. The molecule has 0 heterocycles. The molecular weight excluding hydrogens is 314 g/mol. The molecule has 0 fully saturated rings. The first-order valence-electron chi connectivity index (χ1n) is 9.70. The van der Waals surface area contributed by atoms with Gasteiger partial charge in [0.05, 0.1) is 0 Å². The highest BCUT2D eigenvalue weighted by molar-refractivity contribution is 5.93. The van der Waals surface area contributed by atoms with Crippen molar-refractivity contribution in [2.45, 2.75) is 84.3 Å². The Hall–Kier alpha value is -1.44. The lowest BCUT2D eigenvalue weighted by Gasteiger charge is -2.18. The second-order valence-electron chi connectivity index (χ2n) is 6.00. The monoisotopic (exact) mass is 349 g/mol. The third kappa shape index (κ3) is 17.2. The van der Waals surface area contributed by atoms with E-state index >= 15 is 0 Å². The number of rotatable bonds is 17. The summed E-state index contributed by atoms with van der Waals surface area (Å²) in [6, 6.07) is 1.65. The Labute approximate surface area is 153 Å². The predicted molar refractivity (Wildman–Crippen MR) is 102 cm³/mol. The van der Waals surface area contributed by atoms with Crippen molar-refractivity contribution in [1.29, 1.82) is 5.26 Å². The van der Waals surface area contributed by atoms with E-state index in [0.717, 1.165) is 51.4 Å². The van der Waals surface area contributed by atoms with Crippen LogP contribution in [0.2, 0.25) is 0 Å². The van der Waals surface area contributed by atoms with Crippen molar-refractivity contribution in [3.8, 4) is 6.07 Å². The minimum atomic E-state index is -0.411. The molecule has 0 bridgehead atoms. The van der Waals surface area contributed by atoms with E-state index in [1.807, 2.05) is 0 Å². The number of hydrogen-bond acceptors (Lipinski definition) is 4. The van der Waals surface area contributed by atoms with Crippen LogP contribution >= 0.6 is 0 Å². The van der Waals surface area contributed by atoms with Crippen molar-refractivity contribution in [2.75, 3.05) is 13.2 Å². The molecule has 0 saturated carbocycles. The molecule has 0 aliphatic carbocycles. The van der Waals surface area contributed by atoms with Gasteiger partial charge in [-0.2, -0.15) is 5.26 Å². The van der Waals surface area contributed by atoms with E-state index in [0.29, 0.717) is 19.6 Å². The minimum absolute atomic E-state index is 0.194. The van der Waals surface area contributed by atoms with Crippen molar-refractivity contribution in [3.63, 3.8) is 0 Å². The Kier molecular flexibility index (Phi) is 17.8. The van der Waals surface area contributed by atoms with Crippen LogP contribution < -0.4 is 0 Å². The molecule has 0 aromatic rings. The summed E-state index contributed by atoms with van der Waals surface area (Å²) >= 11 is 0. The molecule has 0 aliphatic rings. The van der Waals surface area contributed by atoms with Crippen LogP contribution in [0.25, 0.3) is 0 Å². The summed E-state index contributed by atoms with van der Waals surface area (Å²) in [5.41, 5.74) is 0. The van der Waals surface area contributed by atoms with Gasteiger partial charge in [-0.05, 0) is 51.4 Å². The number of allylic oxidation sites excluding steroid dienone is 4. The van der Waals surface area contributed by atoms with Crippen LogP contribution in [0.15, 0.2) is 24.3 Å². The fourth-order valence-corrected chi connectivity index (χ4v) is 2.25. The van der Waals surface area contributed by atoms with Crippen LogP contribution in [-0.4, -0.2) is 25.3 Å². The summed E-state index contributed by atoms with van der Waals surface area (Å²) in [5, 5.41) is 8.59. The van der Waals surface area contributed by atoms with E-state index < -0.39 is 5.78 Å². The van der Waals surface area contributed by atoms with Crippen LogP contribution in [-0.2, 0) is 14.3 Å². The van der Waals surface area contributed by atoms with Crippen LogP contribution in [0.5, 0.6) is 0 Å². The smallest absolute Gasteiger partial charge is 0.232 e. The van der Waals surface area contributed by atoms with Gasteiger partial charge in [0.1, 0.15) is 6.07 Å². The molecule has 0 unspecified atom stereocenters. The molecule has 0 aliphatic heterocycles. The molecule has 4 nitrogen and oxygen atoms in total. The summed E-state index contributed by atoms with van der Waals surface area (Å²) in [5.74, 6) is -0.411. The number of ketones is 1. The topological polar surface area (TPSA) is 59.3 Å². The van der Waals surface area contributed by atoms with Gasteiger partial charge in [0, 0.05) is 26.1 Å². The standard InChI is InChI=1S/C21H35NO3/c1-3-5-7-9-11-13-17-24-21(16-15-20(23)19-22)25-18-14-12-10-8-6-4-2/h5-8,21H,3-4,9-18H2,1-2H3/b7-5-,8-6-. The number of hydrogen-bond donors (Lipinski definition) is 0. The Morgan fingerprint density at radius 1 is 0.920 bits per heavy atom. The summed E-state index contributed by atoms with van der Waals surface area (Å²) in [4.78, 5) is 11.2. The van der Waals surface area contributed by atoms with Gasteiger partial charge in [0.25, 0.3) is 0 Å². The number of ether oxygens (including phenoxy) is 2. The summed E-state index contributed by atoms with van der Waals surface area (Å²) in [6.45, 7) is 5.52. The molecule has 0 aromatic heterocycles. The van der Waals surface area contributed by atoms with E-state index in [4.69, 9.17) is 14.7 Å². The van der Waals surface area contributed by atoms with E-state index in [1.54, 1.807) is 6.07 Å². The molecule has 142 valence electrons. The zero-order valence-electron chi connectivity index (χ0n) is 16.0. The lowest BCUT2D eigenvalue weighted by Crippen LogP contribution is -2.20. The second kappa shape index (κ2) is 18.9. The van der Waals surface area contributed by atoms with Gasteiger partial charge in [-0.25, -0.2) is 0 Å². The van der Waals surface area contributed by atoms with Crippen molar-refractivity contribution >= 4 is 5.78 Å². The Morgan fingerprint density at radius 3 is 1.88 bits per heavy atom. The number of Topliss-reactive ketones (excluding diaryl/α,β-unsaturated/α-hetero) is 1. The highest BCUT2D eigenvalue weighted by Gasteiger charge is 2.12. The van der Waals surface area contributed by atoms with Crippen molar-refractivity contribution in [3.05, 3.63) is 24.3 Å². The van der Waals surface area contributed by atoms with Gasteiger partial charge in [0.2, 0.25) is 5.78 Å². The molecule has 0 atom stereocenters. The lowest BCUT2D eigenvalue weighted by molar-refractivity contribution is -0.150. The third-order valence-corrected chi connectivity index (χ3v) is 3.67. The molecular formula is C21H35NO3. The quantitative estimate of drug-likeness (QED) is 0.151. The third-order valence-electron chi connectivity index (χ3n) is 3.67. The van der Waals surface area contributed by atoms with Crippen molar-refractivity contribution in [1.82, 2.24) is 0 Å². The molecule has 0 aromatic carbocycles. The van der Waals surface area contributed by atoms with Crippen molar-refractivity contribution in [2.24, 2.45) is 0 Å². The highest BCUT2D eigenvalue weighted by atomic mass is 16.7. The zero-order chi connectivity index (χ0) is 18.6. The van der Waals surface area contributed by atoms with E-state index in [-0.39, 0.29) is 12.7 Å². The first-order valence-corrected chi connectivity index (χ1v) is 9.70. The molecule has 0 N–H and O–H groups in total. The van der Waals surface area contributed by atoms with Crippen molar-refractivity contribution < 1.29 is 14.3 Å². The maximum absolute atomic E-state index is 11.2. The van der Waals surface area contributed by atoms with Gasteiger partial charge in [-0.15, -0.1) is 0 Å². The first kappa shape index (κ1) is 23.6. The summed E-state index contributed by atoms with van der Waals surface area (Å²) in [7, 11) is 0. The van der Waals surface area contributed by atoms with Crippen LogP contribution in [0.4, 0.5) is 0 Å². The second-order valence-corrected chi connectivity index (χ2v) is 6.00. The summed E-state index contributed by atoms with van der Waals surface area (Å²) in [6.07, 6.45) is 17.4. The normalized spacial score (nSPS) is 11.6. The van der Waals surface area contributed by atoms with Crippen LogP contribution in [0.3, 0.4) is 0 Å². The van der Waals surface area contributed by atoms with Crippen LogP contribution in [0.1, 0.15) is 78.1 Å². The van der Waals surface area contributed by atoms with Gasteiger partial charge in [0.15, 0.2) is 6.29 Å². The molecule has 0 saturated heterocycles. The predicted octanol–water partition coefficient (Wildman–Crippen LogP) is 5.49. The maximum atomic E-state index is 11.2. The maximum Gasteiger partial charge on any atom is 0.232 e. The van der Waals surface area contributed by atoms with E-state index in [2.05, 4.69) is 38.2 Å². The average Bonchev–Trinajstić information content (AvgIpc) is 2.63. The Morgan fingerprint density at radius 2 is 1.44 bits per heavy atom. The molecule has 0 amide bonds. The molecule has 0 rings (SSSR count). The number of unbranched alkanes of at least 4 members (excludes halogenated alkanes) is 4. The SMILES string of the molecule is CC/C=C\CCCCOC(CCC(=O)C#N)OCCCC/C=C\CC. The largest absolute Gasteiger partial charge is 0.353 e. The minimum Gasteiger partial charge on any atom is -0.353 e. The fraction of sp³-hybridized carbons (Fsp3) is 0.714. The number of nitrogens with zero attached hydrogens (tertiary/aromatic N) is 1. The van der Waals surface area contributed by atoms with Crippen LogP contribution in [0, 0.1) is 11.3 Å². The molecule has 25 heavy (non-hydrogen) atoms. The summed E-state index contributed by atoms with van der Waals surface area (Å²) < 4.78 is 11.5. The van der Waals surface area contributed by atoms with Gasteiger partial charge < -0.3 is 9.47 Å². The van der Waals surface area contributed by atoms with Gasteiger partial charge in [-0.1, -0.05) is 38.2 Å². The number of carbonyl (C=O) groups excluding carboxylic acids is 1. The number of carbonyl (C=O) groups is 1. The van der Waals surface area contributed by atoms with Gasteiger partial charge in [-0.3, -0.25) is 4.79 Å². The number of nitriles is 1. The highest BCUT2D eigenvalue weighted by Crippen LogP contribution is 2.09. The Balaban J connectivity index is 3.93.